The van der Waals surface area contributed by atoms with Gasteiger partial charge in [0.2, 0.25) is 0 Å². The fourth-order valence-electron chi connectivity index (χ4n) is 1.92. The number of aromatic carboxylic acids is 1. The van der Waals surface area contributed by atoms with Crippen molar-refractivity contribution in [2.75, 3.05) is 7.11 Å². The third-order valence-corrected chi connectivity index (χ3v) is 3.03. The molecule has 0 unspecified atom stereocenters. The summed E-state index contributed by atoms with van der Waals surface area (Å²) >= 11 is 5.98. The number of carbonyl (C=O) groups is 1. The van der Waals surface area contributed by atoms with Crippen LogP contribution < -0.4 is 4.74 Å². The molecule has 0 atom stereocenters. The summed E-state index contributed by atoms with van der Waals surface area (Å²) in [6, 6.07) is 10.5. The molecular weight excluding hydrogens is 264 g/mol. The van der Waals surface area contributed by atoms with Gasteiger partial charge in [-0.2, -0.15) is 0 Å². The number of carboxylic acid groups (broad SMARTS) is 1. The van der Waals surface area contributed by atoms with Gasteiger partial charge in [-0.3, -0.25) is 0 Å². The van der Waals surface area contributed by atoms with E-state index in [1.165, 1.54) is 6.07 Å². The normalized spacial score (nSPS) is 10.3. The number of rotatable bonds is 3. The van der Waals surface area contributed by atoms with E-state index in [2.05, 4.69) is 0 Å². The van der Waals surface area contributed by atoms with Crippen LogP contribution in [-0.2, 0) is 0 Å². The van der Waals surface area contributed by atoms with Crippen molar-refractivity contribution in [1.82, 2.24) is 0 Å². The highest BCUT2D eigenvalue weighted by molar-refractivity contribution is 6.31. The zero-order valence-corrected chi connectivity index (χ0v) is 11.4. The highest BCUT2D eigenvalue weighted by atomic mass is 35.5. The first-order valence-corrected chi connectivity index (χ1v) is 6.08. The Labute approximate surface area is 116 Å². The molecule has 98 valence electrons. The van der Waals surface area contributed by atoms with Crippen molar-refractivity contribution in [2.24, 2.45) is 0 Å². The third kappa shape index (κ3) is 2.88. The smallest absolute Gasteiger partial charge is 0.335 e. The monoisotopic (exact) mass is 276 g/mol. The lowest BCUT2D eigenvalue weighted by Crippen LogP contribution is -1.97. The fourth-order valence-corrected chi connectivity index (χ4v) is 2.15. The number of aryl methyl sites for hydroxylation is 1. The van der Waals surface area contributed by atoms with Crippen molar-refractivity contribution in [3.05, 3.63) is 52.5 Å². The molecule has 0 bridgehead atoms. The number of hydrogen-bond acceptors (Lipinski definition) is 2. The molecular formula is C15H13ClO3. The summed E-state index contributed by atoms with van der Waals surface area (Å²) < 4.78 is 5.30. The molecule has 0 saturated heterocycles. The first kappa shape index (κ1) is 13.4. The predicted molar refractivity (Wildman–Crippen MR) is 75.1 cm³/mol. The fraction of sp³-hybridized carbons (Fsp3) is 0.133. The average Bonchev–Trinajstić information content (AvgIpc) is 2.37. The molecule has 0 aromatic heterocycles. The van der Waals surface area contributed by atoms with Crippen LogP contribution in [0.15, 0.2) is 36.4 Å². The second-order valence-electron chi connectivity index (χ2n) is 4.24. The predicted octanol–water partition coefficient (Wildman–Crippen LogP) is 4.02. The zero-order chi connectivity index (χ0) is 14.0. The highest BCUT2D eigenvalue weighted by Crippen LogP contribution is 2.33. The Hall–Kier alpha value is -2.00. The maximum Gasteiger partial charge on any atom is 0.335 e. The van der Waals surface area contributed by atoms with E-state index in [4.69, 9.17) is 21.4 Å². The molecule has 4 heteroatoms. The Bertz CT molecular complexity index is 635. The molecule has 0 saturated carbocycles. The lowest BCUT2D eigenvalue weighted by atomic mass is 10.0. The summed E-state index contributed by atoms with van der Waals surface area (Å²) in [5.41, 5.74) is 2.77. The first-order chi connectivity index (χ1) is 9.01. The molecule has 0 fully saturated rings. The molecule has 2 rings (SSSR count). The van der Waals surface area contributed by atoms with Gasteiger partial charge in [-0.15, -0.1) is 0 Å². The Morgan fingerprint density at radius 3 is 2.58 bits per heavy atom. The van der Waals surface area contributed by atoms with E-state index in [1.54, 1.807) is 19.2 Å². The quantitative estimate of drug-likeness (QED) is 0.921. The summed E-state index contributed by atoms with van der Waals surface area (Å²) in [4.78, 5) is 11.1. The van der Waals surface area contributed by atoms with Crippen molar-refractivity contribution in [3.8, 4) is 16.9 Å². The number of hydrogen-bond donors (Lipinski definition) is 1. The first-order valence-electron chi connectivity index (χ1n) is 5.70. The molecule has 19 heavy (non-hydrogen) atoms. The minimum atomic E-state index is -1.00. The van der Waals surface area contributed by atoms with Crippen LogP contribution in [0.3, 0.4) is 0 Å². The lowest BCUT2D eigenvalue weighted by molar-refractivity contribution is 0.0697. The van der Waals surface area contributed by atoms with E-state index in [0.29, 0.717) is 10.8 Å². The van der Waals surface area contributed by atoms with Gasteiger partial charge in [-0.05, 0) is 42.8 Å². The summed E-state index contributed by atoms with van der Waals surface area (Å²) in [7, 11) is 1.58. The van der Waals surface area contributed by atoms with Gasteiger partial charge in [0.15, 0.2) is 0 Å². The maximum atomic E-state index is 11.1. The minimum Gasteiger partial charge on any atom is -0.496 e. The molecule has 2 aromatic rings. The Kier molecular flexibility index (Phi) is 3.76. The number of benzene rings is 2. The third-order valence-electron chi connectivity index (χ3n) is 2.81. The zero-order valence-electron chi connectivity index (χ0n) is 10.6. The van der Waals surface area contributed by atoms with Crippen LogP contribution >= 0.6 is 11.6 Å². The van der Waals surface area contributed by atoms with Gasteiger partial charge in [0.1, 0.15) is 5.75 Å². The SMILES string of the molecule is COc1ccc(C)cc1-c1cc(Cl)cc(C(=O)O)c1. The standard InChI is InChI=1S/C15H13ClO3/c1-9-3-4-14(19-2)13(5-9)10-6-11(15(17)18)8-12(16)7-10/h3-8H,1-2H3,(H,17,18). The van der Waals surface area contributed by atoms with Crippen molar-refractivity contribution in [3.63, 3.8) is 0 Å². The van der Waals surface area contributed by atoms with Crippen LogP contribution in [0.1, 0.15) is 15.9 Å². The topological polar surface area (TPSA) is 46.5 Å². The van der Waals surface area contributed by atoms with Crippen LogP contribution in [0.4, 0.5) is 0 Å². The van der Waals surface area contributed by atoms with E-state index in [9.17, 15) is 4.79 Å². The Balaban J connectivity index is 2.64. The van der Waals surface area contributed by atoms with Gasteiger partial charge in [0, 0.05) is 10.6 Å². The number of halogens is 1. The molecule has 0 aliphatic rings. The van der Waals surface area contributed by atoms with Crippen LogP contribution in [0.2, 0.25) is 5.02 Å². The molecule has 2 aromatic carbocycles. The molecule has 0 aliphatic carbocycles. The number of ether oxygens (including phenoxy) is 1. The number of methoxy groups -OCH3 is 1. The van der Waals surface area contributed by atoms with Gasteiger partial charge >= 0.3 is 5.97 Å². The van der Waals surface area contributed by atoms with Gasteiger partial charge in [0.25, 0.3) is 0 Å². The van der Waals surface area contributed by atoms with Crippen molar-refractivity contribution < 1.29 is 14.6 Å². The van der Waals surface area contributed by atoms with E-state index >= 15 is 0 Å². The molecule has 0 radical (unpaired) electrons. The van der Waals surface area contributed by atoms with Gasteiger partial charge in [0.05, 0.1) is 12.7 Å². The van der Waals surface area contributed by atoms with E-state index < -0.39 is 5.97 Å². The van der Waals surface area contributed by atoms with E-state index in [0.717, 1.165) is 16.7 Å². The van der Waals surface area contributed by atoms with Gasteiger partial charge < -0.3 is 9.84 Å². The second-order valence-corrected chi connectivity index (χ2v) is 4.67. The summed E-state index contributed by atoms with van der Waals surface area (Å²) in [5, 5.41) is 9.46. The van der Waals surface area contributed by atoms with Crippen molar-refractivity contribution >= 4 is 17.6 Å². The lowest BCUT2D eigenvalue weighted by Gasteiger charge is -2.11. The molecule has 0 amide bonds. The number of carboxylic acids is 1. The van der Waals surface area contributed by atoms with Crippen molar-refractivity contribution in [1.29, 1.82) is 0 Å². The molecule has 3 nitrogen and oxygen atoms in total. The summed E-state index contributed by atoms with van der Waals surface area (Å²) in [5.74, 6) is -0.320. The Morgan fingerprint density at radius 2 is 1.95 bits per heavy atom. The summed E-state index contributed by atoms with van der Waals surface area (Å²) in [6.07, 6.45) is 0. The molecule has 1 N–H and O–H groups in total. The Morgan fingerprint density at radius 1 is 1.21 bits per heavy atom. The van der Waals surface area contributed by atoms with Gasteiger partial charge in [-0.1, -0.05) is 23.2 Å². The van der Waals surface area contributed by atoms with Crippen molar-refractivity contribution in [2.45, 2.75) is 6.92 Å². The van der Waals surface area contributed by atoms with Crippen LogP contribution in [-0.4, -0.2) is 18.2 Å². The van der Waals surface area contributed by atoms with Gasteiger partial charge in [-0.25, -0.2) is 4.79 Å². The van der Waals surface area contributed by atoms with Crippen LogP contribution in [0.5, 0.6) is 5.75 Å². The molecule has 0 aliphatic heterocycles. The largest absolute Gasteiger partial charge is 0.496 e. The minimum absolute atomic E-state index is 0.158. The molecule has 0 spiro atoms. The average molecular weight is 277 g/mol. The van der Waals surface area contributed by atoms with Crippen LogP contribution in [0, 0.1) is 6.92 Å². The summed E-state index contributed by atoms with van der Waals surface area (Å²) in [6.45, 7) is 1.96. The van der Waals surface area contributed by atoms with E-state index in [-0.39, 0.29) is 5.56 Å². The van der Waals surface area contributed by atoms with E-state index in [1.807, 2.05) is 25.1 Å². The van der Waals surface area contributed by atoms with Crippen LogP contribution in [0.25, 0.3) is 11.1 Å². The highest BCUT2D eigenvalue weighted by Gasteiger charge is 2.11. The second kappa shape index (κ2) is 5.33. The maximum absolute atomic E-state index is 11.1. The molecule has 0 heterocycles.